The molecule has 2 aromatic heterocycles. The topological polar surface area (TPSA) is 59.8 Å². The first-order chi connectivity index (χ1) is 11.7. The maximum atomic E-state index is 12.8. The minimum atomic E-state index is -0.00867. The van der Waals surface area contributed by atoms with Crippen molar-refractivity contribution in [2.24, 2.45) is 7.05 Å². The van der Waals surface area contributed by atoms with Gasteiger partial charge in [0, 0.05) is 30.2 Å². The highest BCUT2D eigenvalue weighted by molar-refractivity contribution is 6.07. The van der Waals surface area contributed by atoms with Crippen LogP contribution in [0, 0.1) is 0 Å². The van der Waals surface area contributed by atoms with Crippen LogP contribution in [0.1, 0.15) is 36.0 Å². The lowest BCUT2D eigenvalue weighted by molar-refractivity contribution is 0.0939. The molecule has 3 aromatic rings. The van der Waals surface area contributed by atoms with Gasteiger partial charge in [0.25, 0.3) is 5.91 Å². The maximum absolute atomic E-state index is 12.8. The number of rotatable bonds is 3. The molecule has 0 bridgehead atoms. The van der Waals surface area contributed by atoms with Gasteiger partial charge in [0.15, 0.2) is 0 Å². The Bertz CT molecular complexity index is 893. The van der Waals surface area contributed by atoms with Crippen molar-refractivity contribution in [2.75, 3.05) is 0 Å². The second kappa shape index (κ2) is 6.07. The highest BCUT2D eigenvalue weighted by Crippen LogP contribution is 2.25. The van der Waals surface area contributed by atoms with Gasteiger partial charge in [-0.1, -0.05) is 31.0 Å². The number of amides is 1. The SMILES string of the molecule is Cn1cc(-c2cc(C(=O)NC3CCCC3)c3ccccc3n2)cn1. The number of benzene rings is 1. The molecule has 0 radical (unpaired) electrons. The molecule has 0 aliphatic heterocycles. The van der Waals surface area contributed by atoms with Gasteiger partial charge in [0.2, 0.25) is 0 Å². The Kier molecular flexibility index (Phi) is 3.76. The molecule has 0 atom stereocenters. The van der Waals surface area contributed by atoms with E-state index in [2.05, 4.69) is 10.4 Å². The van der Waals surface area contributed by atoms with Gasteiger partial charge in [-0.15, -0.1) is 0 Å². The van der Waals surface area contributed by atoms with Crippen molar-refractivity contribution in [2.45, 2.75) is 31.7 Å². The summed E-state index contributed by atoms with van der Waals surface area (Å²) in [4.78, 5) is 17.5. The molecule has 5 nitrogen and oxygen atoms in total. The zero-order chi connectivity index (χ0) is 16.5. The van der Waals surface area contributed by atoms with E-state index in [1.807, 2.05) is 43.6 Å². The van der Waals surface area contributed by atoms with E-state index in [1.165, 1.54) is 12.8 Å². The number of carbonyl (C=O) groups excluding carboxylic acids is 1. The molecule has 1 aliphatic rings. The van der Waals surface area contributed by atoms with Crippen LogP contribution in [-0.2, 0) is 7.05 Å². The van der Waals surface area contributed by atoms with Crippen LogP contribution in [0.4, 0.5) is 0 Å². The van der Waals surface area contributed by atoms with Crippen LogP contribution in [0.2, 0.25) is 0 Å². The first-order valence-electron chi connectivity index (χ1n) is 8.40. The summed E-state index contributed by atoms with van der Waals surface area (Å²) in [5.41, 5.74) is 3.21. The number of hydrogen-bond donors (Lipinski definition) is 1. The van der Waals surface area contributed by atoms with Crippen molar-refractivity contribution < 1.29 is 4.79 Å². The number of para-hydroxylation sites is 1. The van der Waals surface area contributed by atoms with Crippen LogP contribution < -0.4 is 5.32 Å². The Morgan fingerprint density at radius 1 is 1.25 bits per heavy atom. The predicted molar refractivity (Wildman–Crippen MR) is 93.7 cm³/mol. The van der Waals surface area contributed by atoms with Crippen molar-refractivity contribution in [1.29, 1.82) is 0 Å². The number of hydrogen-bond acceptors (Lipinski definition) is 3. The largest absolute Gasteiger partial charge is 0.349 e. The number of carbonyl (C=O) groups is 1. The number of aromatic nitrogens is 3. The van der Waals surface area contributed by atoms with E-state index in [0.717, 1.165) is 35.0 Å². The van der Waals surface area contributed by atoms with E-state index < -0.39 is 0 Å². The van der Waals surface area contributed by atoms with E-state index in [1.54, 1.807) is 10.9 Å². The molecule has 0 saturated heterocycles. The normalized spacial score (nSPS) is 15.0. The minimum absolute atomic E-state index is 0.00867. The Morgan fingerprint density at radius 3 is 2.79 bits per heavy atom. The molecule has 5 heteroatoms. The summed E-state index contributed by atoms with van der Waals surface area (Å²) in [7, 11) is 1.87. The van der Waals surface area contributed by atoms with Crippen LogP contribution in [0.25, 0.3) is 22.2 Å². The first-order valence-corrected chi connectivity index (χ1v) is 8.40. The van der Waals surface area contributed by atoms with E-state index in [0.29, 0.717) is 11.6 Å². The van der Waals surface area contributed by atoms with E-state index in [9.17, 15) is 4.79 Å². The van der Waals surface area contributed by atoms with Crippen molar-refractivity contribution in [1.82, 2.24) is 20.1 Å². The van der Waals surface area contributed by atoms with Crippen molar-refractivity contribution in [3.8, 4) is 11.3 Å². The summed E-state index contributed by atoms with van der Waals surface area (Å²) >= 11 is 0. The van der Waals surface area contributed by atoms with Crippen LogP contribution >= 0.6 is 0 Å². The molecular weight excluding hydrogens is 300 g/mol. The standard InChI is InChI=1S/C19H20N4O/c1-23-12-13(11-20-23)18-10-16(15-8-4-5-9-17(15)22-18)19(24)21-14-6-2-3-7-14/h4-5,8-12,14H,2-3,6-7H2,1H3,(H,21,24). The third kappa shape index (κ3) is 2.77. The van der Waals surface area contributed by atoms with Gasteiger partial charge in [-0.3, -0.25) is 9.48 Å². The molecule has 0 unspecified atom stereocenters. The van der Waals surface area contributed by atoms with Gasteiger partial charge in [0.1, 0.15) is 0 Å². The lowest BCUT2D eigenvalue weighted by Crippen LogP contribution is -2.32. The quantitative estimate of drug-likeness (QED) is 0.805. The Hall–Kier alpha value is -2.69. The minimum Gasteiger partial charge on any atom is -0.349 e. The highest BCUT2D eigenvalue weighted by atomic mass is 16.1. The second-order valence-corrected chi connectivity index (χ2v) is 6.43. The molecule has 1 saturated carbocycles. The molecule has 1 N–H and O–H groups in total. The molecule has 4 rings (SSSR count). The summed E-state index contributed by atoms with van der Waals surface area (Å²) in [5.74, 6) is -0.00867. The summed E-state index contributed by atoms with van der Waals surface area (Å²) in [6.45, 7) is 0. The van der Waals surface area contributed by atoms with Crippen molar-refractivity contribution >= 4 is 16.8 Å². The predicted octanol–water partition coefficient (Wildman–Crippen LogP) is 3.31. The number of nitrogens with one attached hydrogen (secondary N) is 1. The van der Waals surface area contributed by atoms with E-state index >= 15 is 0 Å². The van der Waals surface area contributed by atoms with Crippen LogP contribution in [0.3, 0.4) is 0 Å². The zero-order valence-corrected chi connectivity index (χ0v) is 13.7. The average molecular weight is 320 g/mol. The smallest absolute Gasteiger partial charge is 0.252 e. The number of pyridine rings is 1. The van der Waals surface area contributed by atoms with Gasteiger partial charge in [-0.2, -0.15) is 5.10 Å². The first kappa shape index (κ1) is 14.9. The Morgan fingerprint density at radius 2 is 2.04 bits per heavy atom. The summed E-state index contributed by atoms with van der Waals surface area (Å²) in [6.07, 6.45) is 8.23. The third-order valence-corrected chi connectivity index (χ3v) is 4.65. The fraction of sp³-hybridized carbons (Fsp3) is 0.316. The molecule has 1 fully saturated rings. The molecule has 0 spiro atoms. The summed E-state index contributed by atoms with van der Waals surface area (Å²) in [6, 6.07) is 9.97. The van der Waals surface area contributed by atoms with Crippen LogP contribution in [0.5, 0.6) is 0 Å². The fourth-order valence-corrected chi connectivity index (χ4v) is 3.40. The highest BCUT2D eigenvalue weighted by Gasteiger charge is 2.20. The molecule has 122 valence electrons. The third-order valence-electron chi connectivity index (χ3n) is 4.65. The van der Waals surface area contributed by atoms with E-state index in [-0.39, 0.29) is 5.91 Å². The van der Waals surface area contributed by atoms with Gasteiger partial charge in [0.05, 0.1) is 23.0 Å². The molecule has 1 aromatic carbocycles. The summed E-state index contributed by atoms with van der Waals surface area (Å²) < 4.78 is 1.74. The molecule has 1 amide bonds. The average Bonchev–Trinajstić information content (AvgIpc) is 3.25. The van der Waals surface area contributed by atoms with Crippen LogP contribution in [0.15, 0.2) is 42.7 Å². The Balaban J connectivity index is 1.78. The monoisotopic (exact) mass is 320 g/mol. The second-order valence-electron chi connectivity index (χ2n) is 6.43. The molecule has 2 heterocycles. The number of fused-ring (bicyclic) bond motifs is 1. The lowest BCUT2D eigenvalue weighted by Gasteiger charge is -2.14. The summed E-state index contributed by atoms with van der Waals surface area (Å²) in [5, 5.41) is 8.28. The lowest BCUT2D eigenvalue weighted by atomic mass is 10.0. The zero-order valence-electron chi connectivity index (χ0n) is 13.7. The van der Waals surface area contributed by atoms with Gasteiger partial charge in [-0.25, -0.2) is 4.98 Å². The Labute approximate surface area is 140 Å². The molecule has 1 aliphatic carbocycles. The van der Waals surface area contributed by atoms with Gasteiger partial charge >= 0.3 is 0 Å². The van der Waals surface area contributed by atoms with Crippen molar-refractivity contribution in [3.63, 3.8) is 0 Å². The fourth-order valence-electron chi connectivity index (χ4n) is 3.40. The van der Waals surface area contributed by atoms with Crippen LogP contribution in [-0.4, -0.2) is 26.7 Å². The van der Waals surface area contributed by atoms with Gasteiger partial charge < -0.3 is 5.32 Å². The van der Waals surface area contributed by atoms with E-state index in [4.69, 9.17) is 4.98 Å². The number of nitrogens with zero attached hydrogens (tertiary/aromatic N) is 3. The molecule has 24 heavy (non-hydrogen) atoms. The van der Waals surface area contributed by atoms with Gasteiger partial charge in [-0.05, 0) is 25.0 Å². The maximum Gasteiger partial charge on any atom is 0.252 e. The molecular formula is C19H20N4O. The number of aryl methyl sites for hydroxylation is 1. The van der Waals surface area contributed by atoms with Crippen molar-refractivity contribution in [3.05, 3.63) is 48.3 Å².